The van der Waals surface area contributed by atoms with E-state index < -0.39 is 6.10 Å². The number of β-amino-alcohol motifs (C(OH)–C–C–N with tert-alkyl or cyclic N) is 1. The Morgan fingerprint density at radius 3 is 2.62 bits per heavy atom. The van der Waals surface area contributed by atoms with Crippen LogP contribution in [-0.2, 0) is 19.4 Å². The summed E-state index contributed by atoms with van der Waals surface area (Å²) in [5, 5.41) is 21.7. The van der Waals surface area contributed by atoms with Crippen LogP contribution in [0.15, 0.2) is 60.9 Å². The number of nitrogens with zero attached hydrogens (tertiary/aromatic N) is 4. The lowest BCUT2D eigenvalue weighted by Gasteiger charge is -2.34. The van der Waals surface area contributed by atoms with Crippen LogP contribution in [0.5, 0.6) is 0 Å². The van der Waals surface area contributed by atoms with Crippen LogP contribution in [0.25, 0.3) is 0 Å². The summed E-state index contributed by atoms with van der Waals surface area (Å²) in [7, 11) is 0. The maximum absolute atomic E-state index is 13.2. The van der Waals surface area contributed by atoms with Crippen LogP contribution in [0.3, 0.4) is 0 Å². The smallest absolute Gasteiger partial charge is 0.254 e. The van der Waals surface area contributed by atoms with Crippen molar-refractivity contribution in [2.24, 2.45) is 0 Å². The molecule has 5 rings (SSSR count). The van der Waals surface area contributed by atoms with Crippen LogP contribution in [0.1, 0.15) is 27.0 Å². The molecule has 164 valence electrons. The number of carbonyl (C=O) groups is 1. The number of carbonyl (C=O) groups excluding carboxylic acids is 1. The molecule has 0 unspecified atom stereocenters. The van der Waals surface area contributed by atoms with Gasteiger partial charge in [-0.2, -0.15) is 10.2 Å². The number of hydrogen-bond donors (Lipinski definition) is 2. The second kappa shape index (κ2) is 9.06. The van der Waals surface area contributed by atoms with Gasteiger partial charge in [0.2, 0.25) is 0 Å². The number of benzene rings is 2. The van der Waals surface area contributed by atoms with Crippen LogP contribution in [0.2, 0.25) is 0 Å². The van der Waals surface area contributed by atoms with Crippen molar-refractivity contribution < 1.29 is 9.90 Å². The third-order valence-electron chi connectivity index (χ3n) is 6.26. The molecule has 0 radical (unpaired) electrons. The van der Waals surface area contributed by atoms with E-state index in [1.165, 1.54) is 11.1 Å². The topological polar surface area (TPSA) is 81.6 Å². The molecule has 7 heteroatoms. The minimum Gasteiger partial charge on any atom is -0.390 e. The SMILES string of the molecule is O=C1c2cc(Nc3ccnnc3)ccc2CCN1C[C@@H](O)CN1CCc2ccccc2C1. The Morgan fingerprint density at radius 2 is 1.78 bits per heavy atom. The summed E-state index contributed by atoms with van der Waals surface area (Å²) in [6, 6.07) is 16.2. The maximum Gasteiger partial charge on any atom is 0.254 e. The van der Waals surface area contributed by atoms with E-state index in [1.807, 2.05) is 24.3 Å². The molecular formula is C25H27N5O2. The quantitative estimate of drug-likeness (QED) is 0.627. The largest absolute Gasteiger partial charge is 0.390 e. The third kappa shape index (κ3) is 4.49. The number of fused-ring (bicyclic) bond motifs is 2. The zero-order chi connectivity index (χ0) is 21.9. The van der Waals surface area contributed by atoms with Crippen molar-refractivity contribution in [1.82, 2.24) is 20.0 Å². The monoisotopic (exact) mass is 429 g/mol. The number of aliphatic hydroxyl groups excluding tert-OH is 1. The molecule has 1 atom stereocenters. The Balaban J connectivity index is 1.22. The van der Waals surface area contributed by atoms with Gasteiger partial charge in [0, 0.05) is 44.0 Å². The minimum absolute atomic E-state index is 0.0224. The molecule has 0 saturated carbocycles. The minimum atomic E-state index is -0.574. The standard InChI is InChI=1S/C25H27N5O2/c31-23(16-29-11-8-18-3-1-2-4-20(18)15-29)17-30-12-9-19-5-6-21(13-24(19)25(30)32)28-22-7-10-26-27-14-22/h1-7,10,13-14,23,31H,8-9,11-12,15-17H2,(H,26,28)/t23-/m0/s1. The van der Waals surface area contributed by atoms with E-state index >= 15 is 0 Å². The summed E-state index contributed by atoms with van der Waals surface area (Å²) in [6.45, 7) is 3.34. The van der Waals surface area contributed by atoms with Crippen LogP contribution in [0, 0.1) is 0 Å². The van der Waals surface area contributed by atoms with E-state index in [9.17, 15) is 9.90 Å². The van der Waals surface area contributed by atoms with Crippen molar-refractivity contribution in [3.63, 3.8) is 0 Å². The van der Waals surface area contributed by atoms with Gasteiger partial charge in [0.15, 0.2) is 0 Å². The second-order valence-electron chi connectivity index (χ2n) is 8.54. The third-order valence-corrected chi connectivity index (χ3v) is 6.26. The van der Waals surface area contributed by atoms with E-state index in [4.69, 9.17) is 0 Å². The molecule has 0 spiro atoms. The number of aliphatic hydroxyl groups is 1. The molecule has 3 heterocycles. The van der Waals surface area contributed by atoms with E-state index in [0.29, 0.717) is 25.2 Å². The number of amides is 1. The molecule has 1 amide bonds. The molecule has 0 bridgehead atoms. The molecule has 1 aromatic heterocycles. The van der Waals surface area contributed by atoms with Gasteiger partial charge in [-0.3, -0.25) is 9.69 Å². The molecule has 2 aromatic carbocycles. The number of hydrogen-bond acceptors (Lipinski definition) is 6. The van der Waals surface area contributed by atoms with Gasteiger partial charge >= 0.3 is 0 Å². The number of anilines is 2. The van der Waals surface area contributed by atoms with Gasteiger partial charge < -0.3 is 15.3 Å². The first-order valence-electron chi connectivity index (χ1n) is 11.1. The van der Waals surface area contributed by atoms with E-state index in [1.54, 1.807) is 17.3 Å². The Hall–Kier alpha value is -3.29. The fourth-order valence-corrected chi connectivity index (χ4v) is 4.62. The first-order valence-corrected chi connectivity index (χ1v) is 11.1. The molecule has 0 aliphatic carbocycles. The summed E-state index contributed by atoms with van der Waals surface area (Å²) in [5.41, 5.74) is 6.12. The van der Waals surface area contributed by atoms with E-state index in [-0.39, 0.29) is 5.91 Å². The average molecular weight is 430 g/mol. The van der Waals surface area contributed by atoms with Crippen LogP contribution in [0.4, 0.5) is 11.4 Å². The Morgan fingerprint density at radius 1 is 0.938 bits per heavy atom. The van der Waals surface area contributed by atoms with Gasteiger partial charge in [0.05, 0.1) is 24.2 Å². The highest BCUT2D eigenvalue weighted by Gasteiger charge is 2.27. The molecule has 2 aliphatic heterocycles. The Bertz CT molecular complexity index is 1100. The number of rotatable bonds is 6. The number of aromatic nitrogens is 2. The second-order valence-corrected chi connectivity index (χ2v) is 8.54. The predicted molar refractivity (Wildman–Crippen MR) is 123 cm³/mol. The first-order chi connectivity index (χ1) is 15.7. The average Bonchev–Trinajstić information content (AvgIpc) is 2.82. The summed E-state index contributed by atoms with van der Waals surface area (Å²) >= 11 is 0. The molecule has 32 heavy (non-hydrogen) atoms. The molecule has 0 saturated heterocycles. The van der Waals surface area contributed by atoms with Crippen molar-refractivity contribution in [2.45, 2.75) is 25.5 Å². The fraction of sp³-hybridized carbons (Fsp3) is 0.320. The van der Waals surface area contributed by atoms with Crippen LogP contribution >= 0.6 is 0 Å². The highest BCUT2D eigenvalue weighted by molar-refractivity contribution is 5.97. The van der Waals surface area contributed by atoms with Crippen LogP contribution in [-0.4, -0.2) is 63.3 Å². The van der Waals surface area contributed by atoms with E-state index in [0.717, 1.165) is 42.9 Å². The zero-order valence-electron chi connectivity index (χ0n) is 17.9. The maximum atomic E-state index is 13.2. The van der Waals surface area contributed by atoms with Crippen molar-refractivity contribution in [3.8, 4) is 0 Å². The fourth-order valence-electron chi connectivity index (χ4n) is 4.62. The van der Waals surface area contributed by atoms with Gasteiger partial charge in [-0.05, 0) is 47.7 Å². The molecule has 2 aliphatic rings. The van der Waals surface area contributed by atoms with Gasteiger partial charge in [0.1, 0.15) is 0 Å². The van der Waals surface area contributed by atoms with Crippen molar-refractivity contribution in [1.29, 1.82) is 0 Å². The molecule has 2 N–H and O–H groups in total. The summed E-state index contributed by atoms with van der Waals surface area (Å²) in [5.74, 6) is -0.0224. The van der Waals surface area contributed by atoms with Gasteiger partial charge in [-0.25, -0.2) is 0 Å². The summed E-state index contributed by atoms with van der Waals surface area (Å²) in [6.07, 6.45) is 4.48. The highest BCUT2D eigenvalue weighted by Crippen LogP contribution is 2.25. The van der Waals surface area contributed by atoms with Gasteiger partial charge in [-0.15, -0.1) is 0 Å². The van der Waals surface area contributed by atoms with Crippen LogP contribution < -0.4 is 5.32 Å². The first kappa shape index (κ1) is 20.6. The lowest BCUT2D eigenvalue weighted by Crippen LogP contribution is -2.46. The van der Waals surface area contributed by atoms with Gasteiger partial charge in [-0.1, -0.05) is 30.3 Å². The lowest BCUT2D eigenvalue weighted by atomic mass is 9.97. The Kier molecular flexibility index (Phi) is 5.83. The van der Waals surface area contributed by atoms with Crippen molar-refractivity contribution in [3.05, 3.63) is 83.2 Å². The highest BCUT2D eigenvalue weighted by atomic mass is 16.3. The number of nitrogens with one attached hydrogen (secondary N) is 1. The van der Waals surface area contributed by atoms with E-state index in [2.05, 4.69) is 44.7 Å². The summed E-state index contributed by atoms with van der Waals surface area (Å²) in [4.78, 5) is 17.2. The predicted octanol–water partition coefficient (Wildman–Crippen LogP) is 2.64. The lowest BCUT2D eigenvalue weighted by molar-refractivity contribution is 0.0493. The summed E-state index contributed by atoms with van der Waals surface area (Å²) < 4.78 is 0. The van der Waals surface area contributed by atoms with Crippen molar-refractivity contribution in [2.75, 3.05) is 31.5 Å². The molecule has 0 fully saturated rings. The normalized spacial score (nSPS) is 16.9. The van der Waals surface area contributed by atoms with Gasteiger partial charge in [0.25, 0.3) is 5.91 Å². The Labute approximate surface area is 187 Å². The zero-order valence-corrected chi connectivity index (χ0v) is 17.9. The van der Waals surface area contributed by atoms with Crippen molar-refractivity contribution >= 4 is 17.3 Å². The molecule has 7 nitrogen and oxygen atoms in total. The molecule has 3 aromatic rings. The molecular weight excluding hydrogens is 402 g/mol.